The summed E-state index contributed by atoms with van der Waals surface area (Å²) in [6.45, 7) is 2.98. The van der Waals surface area contributed by atoms with Crippen molar-refractivity contribution in [3.63, 3.8) is 0 Å². The Hall–Kier alpha value is -0.650. The van der Waals surface area contributed by atoms with E-state index in [1.807, 2.05) is 0 Å². The highest BCUT2D eigenvalue weighted by Gasteiger charge is 2.44. The van der Waals surface area contributed by atoms with Gasteiger partial charge in [0.25, 0.3) is 0 Å². The molecule has 0 aromatic rings. The molecule has 0 aliphatic carbocycles. The van der Waals surface area contributed by atoms with Crippen molar-refractivity contribution in [2.45, 2.75) is 25.4 Å². The summed E-state index contributed by atoms with van der Waals surface area (Å²) in [5.41, 5.74) is 3.94. The summed E-state index contributed by atoms with van der Waals surface area (Å²) in [4.78, 5) is 11.6. The van der Waals surface area contributed by atoms with E-state index in [-0.39, 0.29) is 19.1 Å². The molecule has 0 bridgehead atoms. The molecule has 1 unspecified atom stereocenters. The quantitative estimate of drug-likeness (QED) is 0.630. The number of hydrogen-bond donors (Lipinski definition) is 2. The normalized spacial score (nSPS) is 22.1. The first kappa shape index (κ1) is 12.4. The Bertz CT molecular complexity index is 215. The topological polar surface area (TPSA) is 81.8 Å². The molecule has 0 spiro atoms. The molecule has 0 aromatic carbocycles. The largest absolute Gasteiger partial charge is 0.464 e. The van der Waals surface area contributed by atoms with E-state index in [0.717, 1.165) is 0 Å². The van der Waals surface area contributed by atoms with Crippen molar-refractivity contribution in [3.8, 4) is 0 Å². The van der Waals surface area contributed by atoms with Gasteiger partial charge in [-0.25, -0.2) is 4.79 Å². The van der Waals surface area contributed by atoms with Crippen molar-refractivity contribution in [1.82, 2.24) is 0 Å². The summed E-state index contributed by atoms with van der Waals surface area (Å²) in [6.07, 6.45) is 1.29. The zero-order chi connectivity index (χ0) is 11.3. The number of nitrogens with two attached hydrogens (primary N) is 1. The van der Waals surface area contributed by atoms with E-state index in [0.29, 0.717) is 26.1 Å². The van der Waals surface area contributed by atoms with E-state index in [1.165, 1.54) is 0 Å². The number of esters is 1. The van der Waals surface area contributed by atoms with Crippen molar-refractivity contribution in [3.05, 3.63) is 0 Å². The molecule has 1 aliphatic heterocycles. The molecular formula is C10H19NO4. The fraction of sp³-hybridized carbons (Fsp3) is 0.900. The Balaban J connectivity index is 2.68. The standard InChI is InChI=1S/C10H19NO4/c1-2-15-9(12)10(13,7-11)8-3-5-14-6-4-8/h8,13H,2-7,11H2,1H3. The molecule has 0 radical (unpaired) electrons. The summed E-state index contributed by atoms with van der Waals surface area (Å²) in [6, 6.07) is 0. The SMILES string of the molecule is CCOC(=O)C(O)(CN)C1CCOCC1. The molecule has 5 heteroatoms. The number of carbonyl (C=O) groups is 1. The first-order valence-electron chi connectivity index (χ1n) is 5.32. The molecule has 1 aliphatic rings. The van der Waals surface area contributed by atoms with E-state index < -0.39 is 11.6 Å². The predicted octanol–water partition coefficient (Wildman–Crippen LogP) is -0.334. The maximum atomic E-state index is 11.6. The van der Waals surface area contributed by atoms with Gasteiger partial charge in [0.2, 0.25) is 0 Å². The van der Waals surface area contributed by atoms with Gasteiger partial charge in [0.15, 0.2) is 5.60 Å². The summed E-state index contributed by atoms with van der Waals surface area (Å²) in [7, 11) is 0. The third kappa shape index (κ3) is 2.68. The van der Waals surface area contributed by atoms with Crippen LogP contribution in [0.15, 0.2) is 0 Å². The van der Waals surface area contributed by atoms with E-state index in [2.05, 4.69) is 0 Å². The summed E-state index contributed by atoms with van der Waals surface area (Å²) in [5.74, 6) is -0.769. The van der Waals surface area contributed by atoms with Gasteiger partial charge in [-0.1, -0.05) is 0 Å². The van der Waals surface area contributed by atoms with Crippen LogP contribution in [0.2, 0.25) is 0 Å². The molecule has 88 valence electrons. The lowest BCUT2D eigenvalue weighted by Gasteiger charge is -2.35. The molecule has 1 rings (SSSR count). The number of ether oxygens (including phenoxy) is 2. The van der Waals surface area contributed by atoms with Crippen LogP contribution in [0.25, 0.3) is 0 Å². The summed E-state index contributed by atoms with van der Waals surface area (Å²) >= 11 is 0. The Morgan fingerprint density at radius 2 is 2.20 bits per heavy atom. The monoisotopic (exact) mass is 217 g/mol. The van der Waals surface area contributed by atoms with Crippen LogP contribution in [-0.4, -0.2) is 43.0 Å². The highest BCUT2D eigenvalue weighted by atomic mass is 16.5. The molecular weight excluding hydrogens is 198 g/mol. The van der Waals surface area contributed by atoms with Crippen LogP contribution in [0.5, 0.6) is 0 Å². The summed E-state index contributed by atoms with van der Waals surface area (Å²) < 4.78 is 10.0. The molecule has 5 nitrogen and oxygen atoms in total. The predicted molar refractivity (Wildman–Crippen MR) is 54.2 cm³/mol. The van der Waals surface area contributed by atoms with Gasteiger partial charge in [-0.3, -0.25) is 0 Å². The van der Waals surface area contributed by atoms with Crippen LogP contribution in [0, 0.1) is 5.92 Å². The van der Waals surface area contributed by atoms with Crippen LogP contribution < -0.4 is 5.73 Å². The van der Waals surface area contributed by atoms with Gasteiger partial charge in [-0.2, -0.15) is 0 Å². The molecule has 0 aromatic heterocycles. The van der Waals surface area contributed by atoms with Gasteiger partial charge in [0.1, 0.15) is 0 Å². The van der Waals surface area contributed by atoms with Gasteiger partial charge in [-0.05, 0) is 19.8 Å². The molecule has 1 saturated heterocycles. The minimum atomic E-state index is -1.54. The molecule has 15 heavy (non-hydrogen) atoms. The third-order valence-corrected chi connectivity index (χ3v) is 2.84. The zero-order valence-electron chi connectivity index (χ0n) is 9.07. The van der Waals surface area contributed by atoms with Crippen LogP contribution in [0.3, 0.4) is 0 Å². The molecule has 1 heterocycles. The minimum absolute atomic E-state index is 0.101. The van der Waals surface area contributed by atoms with E-state index in [4.69, 9.17) is 15.2 Å². The number of hydrogen-bond acceptors (Lipinski definition) is 5. The van der Waals surface area contributed by atoms with Crippen LogP contribution >= 0.6 is 0 Å². The average Bonchev–Trinajstić information content (AvgIpc) is 2.29. The lowest BCUT2D eigenvalue weighted by Crippen LogP contribution is -2.54. The van der Waals surface area contributed by atoms with Gasteiger partial charge in [-0.15, -0.1) is 0 Å². The molecule has 1 atom stereocenters. The van der Waals surface area contributed by atoms with E-state index in [1.54, 1.807) is 6.92 Å². The van der Waals surface area contributed by atoms with Crippen molar-refractivity contribution >= 4 is 5.97 Å². The Morgan fingerprint density at radius 1 is 1.60 bits per heavy atom. The molecule has 3 N–H and O–H groups in total. The first-order chi connectivity index (χ1) is 7.15. The fourth-order valence-corrected chi connectivity index (χ4v) is 1.85. The highest BCUT2D eigenvalue weighted by molar-refractivity contribution is 5.80. The van der Waals surface area contributed by atoms with E-state index >= 15 is 0 Å². The molecule has 0 saturated carbocycles. The second-order valence-corrected chi connectivity index (χ2v) is 3.74. The smallest absolute Gasteiger partial charge is 0.339 e. The van der Waals surface area contributed by atoms with Crippen molar-refractivity contribution in [1.29, 1.82) is 0 Å². The lowest BCUT2D eigenvalue weighted by molar-refractivity contribution is -0.173. The van der Waals surface area contributed by atoms with Gasteiger partial charge >= 0.3 is 5.97 Å². The molecule has 0 amide bonds. The fourth-order valence-electron chi connectivity index (χ4n) is 1.85. The van der Waals surface area contributed by atoms with Crippen LogP contribution in [-0.2, 0) is 14.3 Å². The van der Waals surface area contributed by atoms with Crippen molar-refractivity contribution < 1.29 is 19.4 Å². The number of rotatable bonds is 4. The maximum absolute atomic E-state index is 11.6. The number of aliphatic hydroxyl groups is 1. The lowest BCUT2D eigenvalue weighted by atomic mass is 9.82. The highest BCUT2D eigenvalue weighted by Crippen LogP contribution is 2.28. The first-order valence-corrected chi connectivity index (χ1v) is 5.32. The van der Waals surface area contributed by atoms with Crippen LogP contribution in [0.4, 0.5) is 0 Å². The second kappa shape index (κ2) is 5.44. The van der Waals surface area contributed by atoms with Gasteiger partial charge in [0.05, 0.1) is 6.61 Å². The Kier molecular flexibility index (Phi) is 4.50. The Morgan fingerprint density at radius 3 is 2.67 bits per heavy atom. The minimum Gasteiger partial charge on any atom is -0.464 e. The van der Waals surface area contributed by atoms with Gasteiger partial charge in [0, 0.05) is 25.7 Å². The third-order valence-electron chi connectivity index (χ3n) is 2.84. The second-order valence-electron chi connectivity index (χ2n) is 3.74. The molecule has 1 fully saturated rings. The van der Waals surface area contributed by atoms with Crippen molar-refractivity contribution in [2.24, 2.45) is 11.7 Å². The summed E-state index contributed by atoms with van der Waals surface area (Å²) in [5, 5.41) is 10.2. The van der Waals surface area contributed by atoms with Gasteiger partial charge < -0.3 is 20.3 Å². The Labute approximate surface area is 89.5 Å². The maximum Gasteiger partial charge on any atom is 0.339 e. The van der Waals surface area contributed by atoms with E-state index in [9.17, 15) is 9.90 Å². The number of carbonyl (C=O) groups excluding carboxylic acids is 1. The average molecular weight is 217 g/mol. The van der Waals surface area contributed by atoms with Crippen molar-refractivity contribution in [2.75, 3.05) is 26.4 Å². The zero-order valence-corrected chi connectivity index (χ0v) is 9.07. The van der Waals surface area contributed by atoms with Crippen LogP contribution in [0.1, 0.15) is 19.8 Å².